The molecule has 1 unspecified atom stereocenters. The predicted molar refractivity (Wildman–Crippen MR) is 66.4 cm³/mol. The van der Waals surface area contributed by atoms with Crippen LogP contribution >= 0.6 is 15.9 Å². The van der Waals surface area contributed by atoms with Crippen LogP contribution in [0.5, 0.6) is 0 Å². The summed E-state index contributed by atoms with van der Waals surface area (Å²) < 4.78 is 6.21. The first-order valence-electron chi connectivity index (χ1n) is 5.20. The second kappa shape index (κ2) is 5.18. The minimum absolute atomic E-state index is 0.422. The van der Waals surface area contributed by atoms with Gasteiger partial charge in [-0.2, -0.15) is 10.5 Å². The zero-order chi connectivity index (χ0) is 12.3. The van der Waals surface area contributed by atoms with E-state index in [2.05, 4.69) is 28.1 Å². The predicted octanol–water partition coefficient (Wildman–Crippen LogP) is 2.05. The van der Waals surface area contributed by atoms with Gasteiger partial charge in [-0.25, -0.2) is 0 Å². The van der Waals surface area contributed by atoms with Crippen LogP contribution in [0.25, 0.3) is 0 Å². The zero-order valence-electron chi connectivity index (χ0n) is 9.06. The van der Waals surface area contributed by atoms with E-state index in [1.807, 2.05) is 17.0 Å². The lowest BCUT2D eigenvalue weighted by Crippen LogP contribution is -2.42. The van der Waals surface area contributed by atoms with Gasteiger partial charge in [0.05, 0.1) is 30.5 Å². The first-order valence-corrected chi connectivity index (χ1v) is 5.99. The Morgan fingerprint density at radius 3 is 2.94 bits per heavy atom. The molecule has 1 aromatic carbocycles. The number of anilines is 1. The van der Waals surface area contributed by atoms with Crippen molar-refractivity contribution in [2.75, 3.05) is 24.6 Å². The maximum Gasteiger partial charge on any atom is 0.161 e. The number of benzene rings is 1. The molecule has 1 aliphatic heterocycles. The van der Waals surface area contributed by atoms with Crippen LogP contribution in [-0.2, 0) is 4.74 Å². The molecule has 1 saturated heterocycles. The average molecular weight is 292 g/mol. The van der Waals surface area contributed by atoms with Gasteiger partial charge in [-0.1, -0.05) is 15.9 Å². The molecule has 0 saturated carbocycles. The van der Waals surface area contributed by atoms with Crippen molar-refractivity contribution in [2.45, 2.75) is 6.10 Å². The summed E-state index contributed by atoms with van der Waals surface area (Å²) in [5.74, 6) is 0. The highest BCUT2D eigenvalue weighted by Gasteiger charge is 2.22. The fraction of sp³-hybridized carbons (Fsp3) is 0.333. The summed E-state index contributed by atoms with van der Waals surface area (Å²) in [4.78, 5) is 2.01. The third-order valence-corrected chi connectivity index (χ3v) is 3.12. The van der Waals surface area contributed by atoms with Crippen molar-refractivity contribution in [3.8, 4) is 12.1 Å². The summed E-state index contributed by atoms with van der Waals surface area (Å²) in [6.45, 7) is 1.71. The Kier molecular flexibility index (Phi) is 3.63. The van der Waals surface area contributed by atoms with E-state index in [4.69, 9.17) is 15.3 Å². The molecule has 86 valence electrons. The van der Waals surface area contributed by atoms with E-state index in [1.165, 1.54) is 0 Å². The molecule has 1 atom stereocenters. The minimum Gasteiger partial charge on any atom is -0.364 e. The van der Waals surface area contributed by atoms with Crippen molar-refractivity contribution >= 4 is 21.6 Å². The molecule has 2 rings (SSSR count). The third-order valence-electron chi connectivity index (χ3n) is 2.63. The molecule has 5 heteroatoms. The lowest BCUT2D eigenvalue weighted by Gasteiger charge is -2.32. The van der Waals surface area contributed by atoms with Crippen LogP contribution in [-0.4, -0.2) is 25.8 Å². The summed E-state index contributed by atoms with van der Waals surface area (Å²) in [5, 5.41) is 17.9. The van der Waals surface area contributed by atoms with Gasteiger partial charge in [-0.3, -0.25) is 0 Å². The number of morpholine rings is 1. The Hall–Kier alpha value is -1.56. The van der Waals surface area contributed by atoms with Gasteiger partial charge in [-0.05, 0) is 18.2 Å². The molecule has 1 fully saturated rings. The highest BCUT2D eigenvalue weighted by Crippen LogP contribution is 2.26. The number of hydrogen-bond donors (Lipinski definition) is 0. The smallest absolute Gasteiger partial charge is 0.161 e. The van der Waals surface area contributed by atoms with Gasteiger partial charge in [0.2, 0.25) is 0 Å². The Labute approximate surface area is 108 Å². The molecule has 0 aromatic heterocycles. The van der Waals surface area contributed by atoms with Gasteiger partial charge in [-0.15, -0.1) is 0 Å². The molecule has 0 radical (unpaired) electrons. The number of ether oxygens (including phenoxy) is 1. The molecule has 0 bridgehead atoms. The Bertz CT molecular complexity index is 503. The molecule has 0 spiro atoms. The molecular weight excluding hydrogens is 282 g/mol. The monoisotopic (exact) mass is 291 g/mol. The summed E-state index contributed by atoms with van der Waals surface area (Å²) in [7, 11) is 0. The van der Waals surface area contributed by atoms with Crippen LogP contribution in [0.15, 0.2) is 22.7 Å². The maximum absolute atomic E-state index is 9.07. The first kappa shape index (κ1) is 11.9. The fourth-order valence-electron chi connectivity index (χ4n) is 1.81. The van der Waals surface area contributed by atoms with E-state index in [0.717, 1.165) is 10.2 Å². The van der Waals surface area contributed by atoms with Crippen molar-refractivity contribution in [2.24, 2.45) is 0 Å². The fourth-order valence-corrected chi connectivity index (χ4v) is 2.16. The van der Waals surface area contributed by atoms with Crippen LogP contribution < -0.4 is 4.90 Å². The van der Waals surface area contributed by atoms with Gasteiger partial charge < -0.3 is 9.64 Å². The number of nitriles is 2. The molecule has 4 nitrogen and oxygen atoms in total. The average Bonchev–Trinajstić information content (AvgIpc) is 2.39. The minimum atomic E-state index is -0.422. The van der Waals surface area contributed by atoms with Crippen molar-refractivity contribution in [3.63, 3.8) is 0 Å². The highest BCUT2D eigenvalue weighted by atomic mass is 79.9. The van der Waals surface area contributed by atoms with E-state index >= 15 is 0 Å². The second-order valence-corrected chi connectivity index (χ2v) is 4.62. The van der Waals surface area contributed by atoms with Crippen molar-refractivity contribution < 1.29 is 4.74 Å². The number of halogens is 1. The normalized spacial score (nSPS) is 19.5. The summed E-state index contributed by atoms with van der Waals surface area (Å²) in [6.07, 6.45) is -0.422. The van der Waals surface area contributed by atoms with Crippen LogP contribution in [0.1, 0.15) is 5.56 Å². The standard InChI is InChI=1S/C12H10BrN3O/c13-10-2-1-9(6-14)12(5-10)16-3-4-17-11(7-15)8-16/h1-2,5,11H,3-4,8H2. The SMILES string of the molecule is N#Cc1ccc(Br)cc1N1CCOC(C#N)C1. The molecule has 1 heterocycles. The van der Waals surface area contributed by atoms with Gasteiger partial charge in [0.15, 0.2) is 6.10 Å². The van der Waals surface area contributed by atoms with Crippen LogP contribution in [0.4, 0.5) is 5.69 Å². The lowest BCUT2D eigenvalue weighted by atomic mass is 10.1. The van der Waals surface area contributed by atoms with Crippen LogP contribution in [0.3, 0.4) is 0 Å². The quantitative estimate of drug-likeness (QED) is 0.795. The largest absolute Gasteiger partial charge is 0.364 e. The van der Waals surface area contributed by atoms with Crippen molar-refractivity contribution in [1.29, 1.82) is 10.5 Å². The van der Waals surface area contributed by atoms with Crippen molar-refractivity contribution in [1.82, 2.24) is 0 Å². The Morgan fingerprint density at radius 2 is 2.24 bits per heavy atom. The van der Waals surface area contributed by atoms with Gasteiger partial charge in [0, 0.05) is 11.0 Å². The number of rotatable bonds is 1. The molecule has 1 aromatic rings. The molecule has 0 N–H and O–H groups in total. The molecule has 0 aliphatic carbocycles. The molecule has 1 aliphatic rings. The first-order chi connectivity index (χ1) is 8.24. The van der Waals surface area contributed by atoms with Gasteiger partial charge in [0.1, 0.15) is 6.07 Å². The zero-order valence-corrected chi connectivity index (χ0v) is 10.6. The number of nitrogens with zero attached hydrogens (tertiary/aromatic N) is 3. The number of hydrogen-bond acceptors (Lipinski definition) is 4. The summed E-state index contributed by atoms with van der Waals surface area (Å²) in [6, 6.07) is 9.78. The van der Waals surface area contributed by atoms with E-state index < -0.39 is 6.10 Å². The van der Waals surface area contributed by atoms with Crippen LogP contribution in [0.2, 0.25) is 0 Å². The van der Waals surface area contributed by atoms with E-state index in [1.54, 1.807) is 6.07 Å². The topological polar surface area (TPSA) is 60.1 Å². The second-order valence-electron chi connectivity index (χ2n) is 3.71. The van der Waals surface area contributed by atoms with Gasteiger partial charge >= 0.3 is 0 Å². The van der Waals surface area contributed by atoms with Gasteiger partial charge in [0.25, 0.3) is 0 Å². The lowest BCUT2D eigenvalue weighted by molar-refractivity contribution is 0.0764. The maximum atomic E-state index is 9.07. The highest BCUT2D eigenvalue weighted by molar-refractivity contribution is 9.10. The molecule has 17 heavy (non-hydrogen) atoms. The van der Waals surface area contributed by atoms with E-state index in [-0.39, 0.29) is 0 Å². The Morgan fingerprint density at radius 1 is 1.41 bits per heavy atom. The van der Waals surface area contributed by atoms with E-state index in [9.17, 15) is 0 Å². The summed E-state index contributed by atoms with van der Waals surface area (Å²) >= 11 is 3.39. The summed E-state index contributed by atoms with van der Waals surface area (Å²) in [5.41, 5.74) is 1.47. The van der Waals surface area contributed by atoms with Crippen LogP contribution in [0, 0.1) is 22.7 Å². The third kappa shape index (κ3) is 2.58. The Balaban J connectivity index is 2.30. The molecular formula is C12H10BrN3O. The van der Waals surface area contributed by atoms with Crippen molar-refractivity contribution in [3.05, 3.63) is 28.2 Å². The van der Waals surface area contributed by atoms with E-state index in [0.29, 0.717) is 25.3 Å². The molecule has 0 amide bonds.